The fourth-order valence-electron chi connectivity index (χ4n) is 6.73. The van der Waals surface area contributed by atoms with Crippen LogP contribution in [0.4, 0.5) is 0 Å². The summed E-state index contributed by atoms with van der Waals surface area (Å²) < 4.78 is 0. The minimum absolute atomic E-state index is 0.931. The zero-order valence-corrected chi connectivity index (χ0v) is 28.4. The molecule has 0 saturated carbocycles. The molecule has 0 heteroatoms. The van der Waals surface area contributed by atoms with E-state index in [2.05, 4.69) is 68.5 Å². The van der Waals surface area contributed by atoms with E-state index >= 15 is 0 Å². The summed E-state index contributed by atoms with van der Waals surface area (Å²) in [6.07, 6.45) is 43.4. The van der Waals surface area contributed by atoms with Gasteiger partial charge in [0.1, 0.15) is 0 Å². The highest BCUT2D eigenvalue weighted by atomic mass is 14.1. The van der Waals surface area contributed by atoms with E-state index in [4.69, 9.17) is 0 Å². The Kier molecular flexibility index (Phi) is 23.6. The van der Waals surface area contributed by atoms with Gasteiger partial charge in [-0.2, -0.15) is 0 Å². The molecule has 0 nitrogen and oxygen atoms in total. The van der Waals surface area contributed by atoms with Crippen molar-refractivity contribution in [3.8, 4) is 0 Å². The summed E-state index contributed by atoms with van der Waals surface area (Å²) in [4.78, 5) is 0. The summed E-state index contributed by atoms with van der Waals surface area (Å²) >= 11 is 0. The predicted octanol–water partition coefficient (Wildman–Crippen LogP) is 14.7. The maximum atomic E-state index is 2.46. The summed E-state index contributed by atoms with van der Waals surface area (Å²) in [5.41, 5.74) is 1.50. The average Bonchev–Trinajstić information content (AvgIpc) is 3.02. The highest BCUT2D eigenvalue weighted by molar-refractivity contribution is 5.85. The van der Waals surface area contributed by atoms with Crippen LogP contribution in [0, 0.1) is 5.92 Å². The third-order valence-electron chi connectivity index (χ3n) is 9.65. The first-order chi connectivity index (χ1) is 20.8. The summed E-state index contributed by atoms with van der Waals surface area (Å²) in [5, 5.41) is 2.80. The van der Waals surface area contributed by atoms with E-state index in [1.54, 1.807) is 0 Å². The van der Waals surface area contributed by atoms with Crippen LogP contribution in [0.1, 0.15) is 186 Å². The Balaban J connectivity index is 1.31. The number of fused-ring (bicyclic) bond motifs is 1. The van der Waals surface area contributed by atoms with Crippen molar-refractivity contribution in [3.05, 3.63) is 60.2 Å². The topological polar surface area (TPSA) is 0 Å². The van der Waals surface area contributed by atoms with Gasteiger partial charge in [-0.15, -0.1) is 0 Å². The molecule has 0 aliphatic heterocycles. The number of rotatable bonds is 29. The molecule has 0 spiro atoms. The molecule has 1 atom stereocenters. The SMILES string of the molecule is CCCCCCCCCCCCCCCCCCCCCCC(CC)CCC=CCCCc1cccc2ccccc12. The Morgan fingerprint density at radius 1 is 0.476 bits per heavy atom. The van der Waals surface area contributed by atoms with Gasteiger partial charge in [0.15, 0.2) is 0 Å². The highest BCUT2D eigenvalue weighted by Gasteiger charge is 2.05. The zero-order valence-electron chi connectivity index (χ0n) is 28.4. The molecule has 0 aliphatic rings. The Labute approximate surface area is 263 Å². The van der Waals surface area contributed by atoms with Gasteiger partial charge in [-0.3, -0.25) is 0 Å². The van der Waals surface area contributed by atoms with Crippen LogP contribution in [0.3, 0.4) is 0 Å². The van der Waals surface area contributed by atoms with Crippen molar-refractivity contribution >= 4 is 10.8 Å². The van der Waals surface area contributed by atoms with Crippen LogP contribution in [0.2, 0.25) is 0 Å². The lowest BCUT2D eigenvalue weighted by Gasteiger charge is -2.13. The molecule has 238 valence electrons. The third-order valence-corrected chi connectivity index (χ3v) is 9.65. The molecule has 1 unspecified atom stereocenters. The van der Waals surface area contributed by atoms with Gasteiger partial charge in [0.2, 0.25) is 0 Å². The Morgan fingerprint density at radius 3 is 1.55 bits per heavy atom. The van der Waals surface area contributed by atoms with Crippen molar-refractivity contribution in [1.82, 2.24) is 0 Å². The van der Waals surface area contributed by atoms with Gasteiger partial charge in [0.25, 0.3) is 0 Å². The van der Waals surface area contributed by atoms with E-state index in [9.17, 15) is 0 Å². The molecule has 42 heavy (non-hydrogen) atoms. The normalized spacial score (nSPS) is 12.5. The summed E-state index contributed by atoms with van der Waals surface area (Å²) in [5.74, 6) is 0.931. The summed E-state index contributed by atoms with van der Waals surface area (Å²) in [7, 11) is 0. The van der Waals surface area contributed by atoms with E-state index in [-0.39, 0.29) is 0 Å². The van der Waals surface area contributed by atoms with E-state index < -0.39 is 0 Å². The van der Waals surface area contributed by atoms with Gasteiger partial charge in [-0.25, -0.2) is 0 Å². The average molecular weight is 575 g/mol. The number of allylic oxidation sites excluding steroid dienone is 2. The van der Waals surface area contributed by atoms with Crippen LogP contribution in [0.5, 0.6) is 0 Å². The van der Waals surface area contributed by atoms with E-state index in [1.807, 2.05) is 0 Å². The van der Waals surface area contributed by atoms with Crippen LogP contribution >= 0.6 is 0 Å². The Morgan fingerprint density at radius 2 is 0.976 bits per heavy atom. The molecule has 2 rings (SSSR count). The quantitative estimate of drug-likeness (QED) is 0.0669. The molecule has 0 aromatic heterocycles. The van der Waals surface area contributed by atoms with Gasteiger partial charge >= 0.3 is 0 Å². The van der Waals surface area contributed by atoms with Crippen molar-refractivity contribution < 1.29 is 0 Å². The smallest absolute Gasteiger partial charge is 0.0152 e. The van der Waals surface area contributed by atoms with Crippen LogP contribution in [0.25, 0.3) is 10.8 Å². The molecule has 0 saturated heterocycles. The second-order valence-corrected chi connectivity index (χ2v) is 13.4. The van der Waals surface area contributed by atoms with E-state index in [0.717, 1.165) is 5.92 Å². The van der Waals surface area contributed by atoms with Gasteiger partial charge in [0.05, 0.1) is 0 Å². The molecular weight excluding hydrogens is 504 g/mol. The number of hydrogen-bond donors (Lipinski definition) is 0. The maximum absolute atomic E-state index is 2.46. The molecule has 0 amide bonds. The molecule has 0 fully saturated rings. The van der Waals surface area contributed by atoms with Crippen LogP contribution < -0.4 is 0 Å². The summed E-state index contributed by atoms with van der Waals surface area (Å²) in [6.45, 7) is 4.70. The minimum atomic E-state index is 0.931. The molecule has 0 aliphatic carbocycles. The van der Waals surface area contributed by atoms with Gasteiger partial charge < -0.3 is 0 Å². The molecule has 2 aromatic rings. The van der Waals surface area contributed by atoms with Gasteiger partial charge in [-0.05, 0) is 54.4 Å². The minimum Gasteiger partial charge on any atom is -0.0885 e. The lowest BCUT2D eigenvalue weighted by atomic mass is 9.93. The van der Waals surface area contributed by atoms with Crippen LogP contribution in [-0.4, -0.2) is 0 Å². The monoisotopic (exact) mass is 575 g/mol. The molecule has 0 N–H and O–H groups in total. The van der Waals surface area contributed by atoms with Crippen molar-refractivity contribution in [3.63, 3.8) is 0 Å². The van der Waals surface area contributed by atoms with Crippen molar-refractivity contribution in [1.29, 1.82) is 0 Å². The van der Waals surface area contributed by atoms with Crippen molar-refractivity contribution in [2.75, 3.05) is 0 Å². The van der Waals surface area contributed by atoms with E-state index in [1.165, 1.54) is 190 Å². The number of unbranched alkanes of at least 4 members (excludes halogenated alkanes) is 20. The zero-order chi connectivity index (χ0) is 29.8. The molecular formula is C42H70. The fourth-order valence-corrected chi connectivity index (χ4v) is 6.73. The lowest BCUT2D eigenvalue weighted by Crippen LogP contribution is -1.98. The largest absolute Gasteiger partial charge is 0.0885 e. The fraction of sp³-hybridized carbons (Fsp3) is 0.714. The molecule has 0 bridgehead atoms. The number of benzene rings is 2. The number of aryl methyl sites for hydroxylation is 1. The molecule has 0 radical (unpaired) electrons. The Hall–Kier alpha value is -1.56. The first-order valence-electron chi connectivity index (χ1n) is 19.0. The first kappa shape index (κ1) is 36.6. The van der Waals surface area contributed by atoms with Crippen LogP contribution in [0.15, 0.2) is 54.6 Å². The van der Waals surface area contributed by atoms with Gasteiger partial charge in [0, 0.05) is 0 Å². The van der Waals surface area contributed by atoms with Crippen molar-refractivity contribution in [2.45, 2.75) is 187 Å². The van der Waals surface area contributed by atoms with E-state index in [0.29, 0.717) is 0 Å². The molecule has 2 aromatic carbocycles. The first-order valence-corrected chi connectivity index (χ1v) is 19.0. The number of hydrogen-bond acceptors (Lipinski definition) is 0. The predicted molar refractivity (Wildman–Crippen MR) is 192 cm³/mol. The highest BCUT2D eigenvalue weighted by Crippen LogP contribution is 2.22. The van der Waals surface area contributed by atoms with Crippen LogP contribution in [-0.2, 0) is 6.42 Å². The second kappa shape index (κ2) is 27.0. The Bertz CT molecular complexity index is 871. The van der Waals surface area contributed by atoms with Gasteiger partial charge in [-0.1, -0.05) is 210 Å². The van der Waals surface area contributed by atoms with Crippen molar-refractivity contribution in [2.24, 2.45) is 5.92 Å². The standard InChI is InChI=1S/C42H70/c1-3-5-6-7-8-9-10-11-12-13-14-15-16-17-18-19-20-21-23-26-32-39(4-2)33-27-24-22-25-28-34-40-36-31-37-41-35-29-30-38-42(40)41/h22,24,29-31,35-39H,3-21,23,25-28,32-34H2,1-2H3. The third kappa shape index (κ3) is 18.9. The maximum Gasteiger partial charge on any atom is -0.0152 e. The second-order valence-electron chi connectivity index (χ2n) is 13.4. The molecule has 0 heterocycles. The lowest BCUT2D eigenvalue weighted by molar-refractivity contribution is 0.414. The summed E-state index contributed by atoms with van der Waals surface area (Å²) in [6, 6.07) is 15.5.